The van der Waals surface area contributed by atoms with E-state index in [1.807, 2.05) is 0 Å². The predicted molar refractivity (Wildman–Crippen MR) is 49.7 cm³/mol. The Morgan fingerprint density at radius 1 is 1.19 bits per heavy atom. The van der Waals surface area contributed by atoms with Crippen LogP contribution < -0.4 is 11.1 Å². The third-order valence-electron chi connectivity index (χ3n) is 2.24. The lowest BCUT2D eigenvalue weighted by atomic mass is 9.97. The average Bonchev–Trinajstić information content (AvgIpc) is 2.18. The van der Waals surface area contributed by atoms with Gasteiger partial charge < -0.3 is 31.1 Å². The van der Waals surface area contributed by atoms with Crippen LogP contribution in [0.1, 0.15) is 6.92 Å². The van der Waals surface area contributed by atoms with Gasteiger partial charge in [-0.1, -0.05) is 0 Å². The number of amides is 2. The minimum absolute atomic E-state index is 0.518. The van der Waals surface area contributed by atoms with Crippen LogP contribution in [0.4, 0.5) is 0 Å². The fourth-order valence-corrected chi connectivity index (χ4v) is 1.43. The standard InChI is InChI=1S/C8H14N2O6/c1-2(11)10-8-5(14)3(12)4(13)6(16-8)7(9)15/h3-6,8,12-14H,1H3,(H2,9,15)(H,10,11)/t3-,4-,5+,6-,8+/m0/s1. The number of hydrogen-bond acceptors (Lipinski definition) is 6. The van der Waals surface area contributed by atoms with E-state index in [2.05, 4.69) is 5.32 Å². The normalized spacial score (nSPS) is 39.1. The molecule has 0 saturated carbocycles. The summed E-state index contributed by atoms with van der Waals surface area (Å²) in [6.45, 7) is 1.17. The molecule has 5 atom stereocenters. The third kappa shape index (κ3) is 2.47. The molecule has 0 aromatic rings. The highest BCUT2D eigenvalue weighted by Gasteiger charge is 2.46. The monoisotopic (exact) mass is 234 g/mol. The lowest BCUT2D eigenvalue weighted by Crippen LogP contribution is -2.64. The first-order valence-corrected chi connectivity index (χ1v) is 4.60. The van der Waals surface area contributed by atoms with Crippen LogP contribution in [-0.2, 0) is 14.3 Å². The number of carbonyl (C=O) groups is 2. The SMILES string of the molecule is CC(=O)N[C@@H]1O[C@H](C(N)=O)[C@@H](O)[C@H](O)[C@H]1O. The van der Waals surface area contributed by atoms with Crippen molar-refractivity contribution >= 4 is 11.8 Å². The van der Waals surface area contributed by atoms with Crippen LogP contribution in [0.3, 0.4) is 0 Å². The van der Waals surface area contributed by atoms with Crippen molar-refractivity contribution in [3.63, 3.8) is 0 Å². The Morgan fingerprint density at radius 3 is 2.19 bits per heavy atom. The van der Waals surface area contributed by atoms with Crippen LogP contribution in [-0.4, -0.2) is 57.8 Å². The Balaban J connectivity index is 2.80. The molecule has 0 bridgehead atoms. The van der Waals surface area contributed by atoms with Crippen molar-refractivity contribution in [1.29, 1.82) is 0 Å². The summed E-state index contributed by atoms with van der Waals surface area (Å²) in [6, 6.07) is 0. The molecule has 92 valence electrons. The topological polar surface area (TPSA) is 142 Å². The van der Waals surface area contributed by atoms with E-state index in [1.54, 1.807) is 0 Å². The molecule has 1 fully saturated rings. The molecule has 6 N–H and O–H groups in total. The van der Waals surface area contributed by atoms with Gasteiger partial charge in [0.15, 0.2) is 12.3 Å². The molecule has 1 heterocycles. The minimum Gasteiger partial charge on any atom is -0.387 e. The van der Waals surface area contributed by atoms with E-state index < -0.39 is 42.5 Å². The fraction of sp³-hybridized carbons (Fsp3) is 0.750. The van der Waals surface area contributed by atoms with E-state index in [1.165, 1.54) is 6.92 Å². The maximum atomic E-state index is 10.9. The van der Waals surface area contributed by atoms with Gasteiger partial charge in [0.1, 0.15) is 18.3 Å². The van der Waals surface area contributed by atoms with Crippen LogP contribution in [0.25, 0.3) is 0 Å². The van der Waals surface area contributed by atoms with Crippen LogP contribution >= 0.6 is 0 Å². The first kappa shape index (κ1) is 12.8. The summed E-state index contributed by atoms with van der Waals surface area (Å²) >= 11 is 0. The Morgan fingerprint density at radius 2 is 1.75 bits per heavy atom. The summed E-state index contributed by atoms with van der Waals surface area (Å²) in [4.78, 5) is 21.6. The first-order chi connectivity index (χ1) is 7.34. The van der Waals surface area contributed by atoms with Crippen molar-refractivity contribution in [1.82, 2.24) is 5.32 Å². The highest BCUT2D eigenvalue weighted by molar-refractivity contribution is 5.80. The van der Waals surface area contributed by atoms with Gasteiger partial charge in [-0.25, -0.2) is 0 Å². The van der Waals surface area contributed by atoms with Crippen molar-refractivity contribution in [2.24, 2.45) is 5.73 Å². The Labute approximate surface area is 91.0 Å². The molecular formula is C8H14N2O6. The highest BCUT2D eigenvalue weighted by atomic mass is 16.6. The van der Waals surface area contributed by atoms with Gasteiger partial charge in [-0.15, -0.1) is 0 Å². The summed E-state index contributed by atoms with van der Waals surface area (Å²) in [5, 5.41) is 30.4. The largest absolute Gasteiger partial charge is 0.387 e. The van der Waals surface area contributed by atoms with Crippen LogP contribution in [0.2, 0.25) is 0 Å². The van der Waals surface area contributed by atoms with Gasteiger partial charge >= 0.3 is 0 Å². The zero-order valence-corrected chi connectivity index (χ0v) is 8.53. The van der Waals surface area contributed by atoms with Gasteiger partial charge in [0.25, 0.3) is 0 Å². The number of nitrogens with two attached hydrogens (primary N) is 1. The molecular weight excluding hydrogens is 220 g/mol. The van der Waals surface area contributed by atoms with E-state index in [0.717, 1.165) is 0 Å². The Hall–Kier alpha value is -1.22. The quantitative estimate of drug-likeness (QED) is 0.334. The maximum absolute atomic E-state index is 10.9. The molecule has 2 amide bonds. The molecule has 1 aliphatic rings. The van der Waals surface area contributed by atoms with Gasteiger partial charge in [0.05, 0.1) is 0 Å². The molecule has 8 heteroatoms. The highest BCUT2D eigenvalue weighted by Crippen LogP contribution is 2.19. The number of nitrogens with one attached hydrogen (secondary N) is 1. The van der Waals surface area contributed by atoms with Gasteiger partial charge in [0.2, 0.25) is 11.8 Å². The molecule has 1 rings (SSSR count). The molecule has 0 aromatic heterocycles. The molecule has 0 unspecified atom stereocenters. The van der Waals surface area contributed by atoms with Crippen molar-refractivity contribution < 1.29 is 29.6 Å². The zero-order chi connectivity index (χ0) is 12.5. The molecule has 0 aromatic carbocycles. The second-order valence-corrected chi connectivity index (χ2v) is 3.55. The Bertz CT molecular complexity index is 294. The lowest BCUT2D eigenvalue weighted by molar-refractivity contribution is -0.225. The molecule has 1 saturated heterocycles. The van der Waals surface area contributed by atoms with Gasteiger partial charge in [-0.2, -0.15) is 0 Å². The smallest absolute Gasteiger partial charge is 0.249 e. The summed E-state index contributed by atoms with van der Waals surface area (Å²) in [6.07, 6.45) is -7.54. The predicted octanol–water partition coefficient (Wildman–Crippen LogP) is -3.58. The molecule has 0 radical (unpaired) electrons. The first-order valence-electron chi connectivity index (χ1n) is 4.60. The van der Waals surface area contributed by atoms with Gasteiger partial charge in [-0.3, -0.25) is 9.59 Å². The fourth-order valence-electron chi connectivity index (χ4n) is 1.43. The van der Waals surface area contributed by atoms with E-state index in [4.69, 9.17) is 10.5 Å². The number of rotatable bonds is 2. The van der Waals surface area contributed by atoms with Crippen LogP contribution in [0.5, 0.6) is 0 Å². The maximum Gasteiger partial charge on any atom is 0.249 e. The Kier molecular flexibility index (Phi) is 3.81. The molecule has 0 spiro atoms. The van der Waals surface area contributed by atoms with E-state index in [-0.39, 0.29) is 0 Å². The second kappa shape index (κ2) is 4.74. The summed E-state index contributed by atoms with van der Waals surface area (Å²) in [7, 11) is 0. The summed E-state index contributed by atoms with van der Waals surface area (Å²) in [5.74, 6) is -1.51. The molecule has 16 heavy (non-hydrogen) atoms. The second-order valence-electron chi connectivity index (χ2n) is 3.55. The van der Waals surface area contributed by atoms with Gasteiger partial charge in [0, 0.05) is 6.92 Å². The van der Waals surface area contributed by atoms with Crippen molar-refractivity contribution in [2.75, 3.05) is 0 Å². The minimum atomic E-state index is -1.63. The summed E-state index contributed by atoms with van der Waals surface area (Å²) < 4.78 is 4.89. The number of aliphatic hydroxyl groups excluding tert-OH is 3. The number of hydrogen-bond donors (Lipinski definition) is 5. The van der Waals surface area contributed by atoms with Crippen molar-refractivity contribution in [2.45, 2.75) is 37.6 Å². The van der Waals surface area contributed by atoms with Gasteiger partial charge in [-0.05, 0) is 0 Å². The van der Waals surface area contributed by atoms with Crippen molar-refractivity contribution in [3.05, 3.63) is 0 Å². The molecule has 8 nitrogen and oxygen atoms in total. The number of aliphatic hydroxyl groups is 3. The molecule has 1 aliphatic heterocycles. The van der Waals surface area contributed by atoms with E-state index in [0.29, 0.717) is 0 Å². The average molecular weight is 234 g/mol. The number of primary amides is 1. The van der Waals surface area contributed by atoms with Crippen LogP contribution in [0.15, 0.2) is 0 Å². The van der Waals surface area contributed by atoms with Crippen molar-refractivity contribution in [3.8, 4) is 0 Å². The number of ether oxygens (including phenoxy) is 1. The van der Waals surface area contributed by atoms with E-state index >= 15 is 0 Å². The third-order valence-corrected chi connectivity index (χ3v) is 2.24. The van der Waals surface area contributed by atoms with Crippen LogP contribution in [0, 0.1) is 0 Å². The zero-order valence-electron chi connectivity index (χ0n) is 8.53. The molecule has 0 aliphatic carbocycles. The van der Waals surface area contributed by atoms with E-state index in [9.17, 15) is 24.9 Å². The lowest BCUT2D eigenvalue weighted by Gasteiger charge is -2.39. The summed E-state index contributed by atoms with van der Waals surface area (Å²) in [5.41, 5.74) is 4.93. The number of carbonyl (C=O) groups excluding carboxylic acids is 2.